The molecule has 28 heavy (non-hydrogen) atoms. The zero-order valence-electron chi connectivity index (χ0n) is 15.0. The van der Waals surface area contributed by atoms with Gasteiger partial charge in [-0.15, -0.1) is 5.10 Å². The quantitative estimate of drug-likeness (QED) is 0.528. The zero-order valence-corrected chi connectivity index (χ0v) is 15.0. The Morgan fingerprint density at radius 3 is 2.50 bits per heavy atom. The molecule has 2 aromatic carbocycles. The van der Waals surface area contributed by atoms with Crippen LogP contribution in [0.3, 0.4) is 0 Å². The SMILES string of the molecule is O=C(Nc1ccc(Cn2cncn2)cc1)[C@H](Cc1ccccc1)n1cnnn1. The number of rotatable bonds is 7. The highest BCUT2D eigenvalue weighted by Crippen LogP contribution is 2.17. The van der Waals surface area contributed by atoms with E-state index in [0.717, 1.165) is 11.1 Å². The van der Waals surface area contributed by atoms with Crippen LogP contribution in [0.4, 0.5) is 5.69 Å². The molecule has 9 nitrogen and oxygen atoms in total. The molecule has 0 unspecified atom stereocenters. The molecular formula is C19H18N8O. The summed E-state index contributed by atoms with van der Waals surface area (Å²) in [6, 6.07) is 16.8. The summed E-state index contributed by atoms with van der Waals surface area (Å²) in [7, 11) is 0. The fourth-order valence-corrected chi connectivity index (χ4v) is 2.88. The molecule has 1 atom stereocenters. The molecule has 4 aromatic rings. The number of hydrogen-bond acceptors (Lipinski definition) is 6. The van der Waals surface area contributed by atoms with E-state index in [-0.39, 0.29) is 5.91 Å². The molecule has 1 N–H and O–H groups in total. The molecule has 0 aliphatic rings. The van der Waals surface area contributed by atoms with Gasteiger partial charge in [0.2, 0.25) is 5.91 Å². The fourth-order valence-electron chi connectivity index (χ4n) is 2.88. The van der Waals surface area contributed by atoms with Crippen molar-refractivity contribution in [2.75, 3.05) is 5.32 Å². The number of benzene rings is 2. The molecule has 0 bridgehead atoms. The van der Waals surface area contributed by atoms with Crippen molar-refractivity contribution in [1.29, 1.82) is 0 Å². The summed E-state index contributed by atoms with van der Waals surface area (Å²) in [5, 5.41) is 18.3. The van der Waals surface area contributed by atoms with E-state index in [0.29, 0.717) is 18.7 Å². The van der Waals surface area contributed by atoms with Crippen molar-refractivity contribution in [3.63, 3.8) is 0 Å². The van der Waals surface area contributed by atoms with Gasteiger partial charge in [-0.25, -0.2) is 14.3 Å². The van der Waals surface area contributed by atoms with Gasteiger partial charge in [0, 0.05) is 12.1 Å². The highest BCUT2D eigenvalue weighted by Gasteiger charge is 2.22. The van der Waals surface area contributed by atoms with E-state index >= 15 is 0 Å². The van der Waals surface area contributed by atoms with Crippen LogP contribution in [0.1, 0.15) is 17.2 Å². The Balaban J connectivity index is 1.46. The molecular weight excluding hydrogens is 356 g/mol. The second-order valence-corrected chi connectivity index (χ2v) is 6.27. The molecule has 9 heteroatoms. The van der Waals surface area contributed by atoms with Gasteiger partial charge in [-0.3, -0.25) is 4.79 Å². The highest BCUT2D eigenvalue weighted by molar-refractivity contribution is 5.93. The first-order chi connectivity index (χ1) is 13.8. The fraction of sp³-hybridized carbons (Fsp3) is 0.158. The van der Waals surface area contributed by atoms with Crippen LogP contribution in [0.2, 0.25) is 0 Å². The molecule has 0 spiro atoms. The number of tetrazole rings is 1. The molecule has 4 rings (SSSR count). The first kappa shape index (κ1) is 17.5. The topological polar surface area (TPSA) is 103 Å². The highest BCUT2D eigenvalue weighted by atomic mass is 16.2. The Morgan fingerprint density at radius 1 is 1.00 bits per heavy atom. The van der Waals surface area contributed by atoms with Crippen molar-refractivity contribution >= 4 is 11.6 Å². The van der Waals surface area contributed by atoms with Crippen LogP contribution < -0.4 is 5.32 Å². The van der Waals surface area contributed by atoms with Crippen LogP contribution in [0.25, 0.3) is 0 Å². The van der Waals surface area contributed by atoms with Crippen LogP contribution in [-0.2, 0) is 17.8 Å². The van der Waals surface area contributed by atoms with E-state index in [2.05, 4.69) is 30.9 Å². The number of anilines is 1. The zero-order chi connectivity index (χ0) is 19.2. The number of carbonyl (C=O) groups is 1. The largest absolute Gasteiger partial charge is 0.324 e. The van der Waals surface area contributed by atoms with Crippen molar-refractivity contribution in [3.8, 4) is 0 Å². The Kier molecular flexibility index (Phi) is 5.14. The van der Waals surface area contributed by atoms with Gasteiger partial charge in [0.1, 0.15) is 25.0 Å². The minimum absolute atomic E-state index is 0.180. The van der Waals surface area contributed by atoms with E-state index in [1.54, 1.807) is 11.0 Å². The Bertz CT molecular complexity index is 998. The summed E-state index contributed by atoms with van der Waals surface area (Å²) in [6.07, 6.45) is 5.10. The van der Waals surface area contributed by atoms with E-state index in [1.807, 2.05) is 54.6 Å². The van der Waals surface area contributed by atoms with E-state index in [1.165, 1.54) is 17.3 Å². The maximum atomic E-state index is 12.9. The number of hydrogen-bond donors (Lipinski definition) is 1. The van der Waals surface area contributed by atoms with Crippen molar-refractivity contribution in [1.82, 2.24) is 35.0 Å². The van der Waals surface area contributed by atoms with Crippen LogP contribution in [0.15, 0.2) is 73.6 Å². The minimum Gasteiger partial charge on any atom is -0.324 e. The number of amides is 1. The summed E-state index contributed by atoms with van der Waals surface area (Å²) in [5.74, 6) is -0.180. The lowest BCUT2D eigenvalue weighted by Gasteiger charge is -2.16. The molecule has 0 saturated carbocycles. The van der Waals surface area contributed by atoms with Gasteiger partial charge in [-0.2, -0.15) is 5.10 Å². The maximum Gasteiger partial charge on any atom is 0.249 e. The molecule has 0 aliphatic heterocycles. The normalized spacial score (nSPS) is 11.9. The molecule has 2 heterocycles. The summed E-state index contributed by atoms with van der Waals surface area (Å²) in [5.41, 5.74) is 2.80. The third kappa shape index (κ3) is 4.26. The summed E-state index contributed by atoms with van der Waals surface area (Å²) in [4.78, 5) is 16.8. The van der Waals surface area contributed by atoms with Gasteiger partial charge in [0.15, 0.2) is 0 Å². The Hall–Kier alpha value is -3.88. The lowest BCUT2D eigenvalue weighted by molar-refractivity contribution is -0.119. The monoisotopic (exact) mass is 374 g/mol. The Morgan fingerprint density at radius 2 is 1.82 bits per heavy atom. The van der Waals surface area contributed by atoms with Crippen molar-refractivity contribution in [3.05, 3.63) is 84.7 Å². The molecule has 2 aromatic heterocycles. The summed E-state index contributed by atoms with van der Waals surface area (Å²) in [6.45, 7) is 0.621. The first-order valence-corrected chi connectivity index (χ1v) is 8.76. The molecule has 140 valence electrons. The average molecular weight is 374 g/mol. The predicted molar refractivity (Wildman–Crippen MR) is 101 cm³/mol. The molecule has 0 saturated heterocycles. The molecule has 0 fully saturated rings. The number of carbonyl (C=O) groups excluding carboxylic acids is 1. The molecule has 1 amide bonds. The van der Waals surface area contributed by atoms with E-state index in [4.69, 9.17) is 0 Å². The van der Waals surface area contributed by atoms with Crippen molar-refractivity contribution in [2.24, 2.45) is 0 Å². The Labute approximate surface area is 161 Å². The standard InChI is InChI=1S/C19H18N8O/c28-19(18(27-14-21-24-25-27)10-15-4-2-1-3-5-15)23-17-8-6-16(7-9-17)11-26-13-20-12-22-26/h1-9,12-14,18H,10-11H2,(H,23,28)/t18-/m0/s1. The van der Waals surface area contributed by atoms with Gasteiger partial charge in [0.25, 0.3) is 0 Å². The van der Waals surface area contributed by atoms with Crippen LogP contribution >= 0.6 is 0 Å². The smallest absolute Gasteiger partial charge is 0.249 e. The van der Waals surface area contributed by atoms with Gasteiger partial charge in [0.05, 0.1) is 6.54 Å². The second-order valence-electron chi connectivity index (χ2n) is 6.27. The molecule has 0 radical (unpaired) electrons. The van der Waals surface area contributed by atoms with Gasteiger partial charge < -0.3 is 5.32 Å². The van der Waals surface area contributed by atoms with Crippen LogP contribution in [0, 0.1) is 0 Å². The predicted octanol–water partition coefficient (Wildman–Crippen LogP) is 1.74. The van der Waals surface area contributed by atoms with Crippen LogP contribution in [-0.4, -0.2) is 40.9 Å². The minimum atomic E-state index is -0.549. The second kappa shape index (κ2) is 8.21. The third-order valence-electron chi connectivity index (χ3n) is 4.29. The summed E-state index contributed by atoms with van der Waals surface area (Å²) >= 11 is 0. The van der Waals surface area contributed by atoms with Crippen molar-refractivity contribution in [2.45, 2.75) is 19.0 Å². The number of aromatic nitrogens is 7. The third-order valence-corrected chi connectivity index (χ3v) is 4.29. The van der Waals surface area contributed by atoms with Gasteiger partial charge in [-0.1, -0.05) is 42.5 Å². The average Bonchev–Trinajstić information content (AvgIpc) is 3.43. The molecule has 0 aliphatic carbocycles. The lowest BCUT2D eigenvalue weighted by Crippen LogP contribution is -2.28. The number of nitrogens with zero attached hydrogens (tertiary/aromatic N) is 7. The van der Waals surface area contributed by atoms with E-state index in [9.17, 15) is 4.79 Å². The first-order valence-electron chi connectivity index (χ1n) is 8.76. The number of nitrogens with one attached hydrogen (secondary N) is 1. The van der Waals surface area contributed by atoms with Gasteiger partial charge >= 0.3 is 0 Å². The van der Waals surface area contributed by atoms with E-state index < -0.39 is 6.04 Å². The van der Waals surface area contributed by atoms with Crippen LogP contribution in [0.5, 0.6) is 0 Å². The maximum absolute atomic E-state index is 12.9. The summed E-state index contributed by atoms with van der Waals surface area (Å²) < 4.78 is 3.21. The van der Waals surface area contributed by atoms with Gasteiger partial charge in [-0.05, 0) is 33.7 Å². The van der Waals surface area contributed by atoms with Crippen molar-refractivity contribution < 1.29 is 4.79 Å². The lowest BCUT2D eigenvalue weighted by atomic mass is 10.1.